The van der Waals surface area contributed by atoms with Gasteiger partial charge in [0.1, 0.15) is 5.60 Å². The molecule has 0 fully saturated rings. The van der Waals surface area contributed by atoms with Crippen LogP contribution in [0.2, 0.25) is 0 Å². The topological polar surface area (TPSA) is 110 Å². The molecule has 0 bridgehead atoms. The van der Waals surface area contributed by atoms with E-state index in [0.717, 1.165) is 11.1 Å². The summed E-state index contributed by atoms with van der Waals surface area (Å²) in [6.45, 7) is 33.6. The predicted molar refractivity (Wildman–Crippen MR) is 174 cm³/mol. The lowest BCUT2D eigenvalue weighted by atomic mass is 9.61. The Labute approximate surface area is 252 Å². The summed E-state index contributed by atoms with van der Waals surface area (Å²) in [6.07, 6.45) is 0. The smallest absolute Gasteiger partial charge is 0.334 e. The molecule has 2 aromatic rings. The molecule has 5 N–H and O–H groups in total. The maximum atomic E-state index is 13.0. The van der Waals surface area contributed by atoms with Gasteiger partial charge in [-0.2, -0.15) is 0 Å². The van der Waals surface area contributed by atoms with E-state index in [2.05, 4.69) is 145 Å². The van der Waals surface area contributed by atoms with Crippen molar-refractivity contribution in [2.75, 3.05) is 0 Å². The van der Waals surface area contributed by atoms with Gasteiger partial charge in [0.15, 0.2) is 0 Å². The first-order valence-electron chi connectivity index (χ1n) is 14.1. The maximum absolute atomic E-state index is 13.0. The van der Waals surface area contributed by atoms with Crippen LogP contribution in [-0.4, -0.2) is 24.7 Å². The summed E-state index contributed by atoms with van der Waals surface area (Å²) < 4.78 is 3.60. The summed E-state index contributed by atoms with van der Waals surface area (Å²) in [7, 11) is -5.22. The van der Waals surface area contributed by atoms with E-state index in [4.69, 9.17) is 19.6 Å². The lowest BCUT2D eigenvalue weighted by Crippen LogP contribution is -2.44. The fourth-order valence-corrected chi connectivity index (χ4v) is 5.43. The summed E-state index contributed by atoms with van der Waals surface area (Å²) in [4.78, 5) is 31.3. The van der Waals surface area contributed by atoms with Crippen molar-refractivity contribution in [3.8, 4) is 0 Å². The number of aliphatic hydroxyl groups is 1. The SMILES string of the molecule is CC(C)(C)c1ccc(C(O)(c2ccc(C(C)(C)C)cc2C(C)(C)C)C(C)(C)C)c(C(C)(C)C)c1.OP(O)OP(O)O. The average molecular weight is 611 g/mol. The molecular formula is C33H56O6P2. The molecular weight excluding hydrogens is 554 g/mol. The quantitative estimate of drug-likeness (QED) is 0.222. The van der Waals surface area contributed by atoms with E-state index in [9.17, 15) is 5.11 Å². The van der Waals surface area contributed by atoms with E-state index in [1.54, 1.807) is 0 Å². The van der Waals surface area contributed by atoms with Crippen LogP contribution in [0, 0.1) is 5.41 Å². The Balaban J connectivity index is 0.00000106. The predicted octanol–water partition coefficient (Wildman–Crippen LogP) is 8.58. The van der Waals surface area contributed by atoms with Gasteiger partial charge in [0, 0.05) is 0 Å². The zero-order chi connectivity index (χ0) is 32.6. The molecule has 0 unspecified atom stereocenters. The largest absolute Gasteiger partial charge is 0.380 e. The van der Waals surface area contributed by atoms with Crippen molar-refractivity contribution in [2.24, 2.45) is 5.41 Å². The molecule has 0 atom stereocenters. The minimum atomic E-state index is -2.61. The second-order valence-electron chi connectivity index (χ2n) is 16.1. The van der Waals surface area contributed by atoms with Crippen LogP contribution in [0.1, 0.15) is 137 Å². The molecule has 2 aromatic carbocycles. The number of hydrogen-bond donors (Lipinski definition) is 5. The molecule has 2 rings (SSSR count). The summed E-state index contributed by atoms with van der Waals surface area (Å²) in [6, 6.07) is 13.5. The second kappa shape index (κ2) is 13.0. The Morgan fingerprint density at radius 2 is 0.756 bits per heavy atom. The molecule has 41 heavy (non-hydrogen) atoms. The van der Waals surface area contributed by atoms with Crippen molar-refractivity contribution in [1.82, 2.24) is 0 Å². The monoisotopic (exact) mass is 610 g/mol. The van der Waals surface area contributed by atoms with Crippen molar-refractivity contribution in [1.29, 1.82) is 0 Å². The van der Waals surface area contributed by atoms with Gasteiger partial charge in [-0.05, 0) is 60.5 Å². The van der Waals surface area contributed by atoms with Gasteiger partial charge in [0.2, 0.25) is 0 Å². The van der Waals surface area contributed by atoms with Crippen LogP contribution in [0.4, 0.5) is 0 Å². The van der Waals surface area contributed by atoms with Gasteiger partial charge in [-0.15, -0.1) is 0 Å². The van der Waals surface area contributed by atoms with Gasteiger partial charge in [0.25, 0.3) is 0 Å². The van der Waals surface area contributed by atoms with Gasteiger partial charge in [-0.3, -0.25) is 0 Å². The summed E-state index contributed by atoms with van der Waals surface area (Å²) in [5, 5.41) is 13.0. The minimum Gasteiger partial charge on any atom is -0.380 e. The van der Waals surface area contributed by atoms with Crippen LogP contribution in [0.15, 0.2) is 36.4 Å². The first-order valence-corrected chi connectivity index (χ1v) is 16.4. The normalized spacial score (nSPS) is 13.9. The van der Waals surface area contributed by atoms with E-state index in [1.807, 2.05) is 0 Å². The van der Waals surface area contributed by atoms with E-state index >= 15 is 0 Å². The second-order valence-corrected chi connectivity index (χ2v) is 17.7. The van der Waals surface area contributed by atoms with Crippen LogP contribution in [-0.2, 0) is 31.6 Å². The van der Waals surface area contributed by atoms with Crippen molar-refractivity contribution in [2.45, 2.75) is 131 Å². The lowest BCUT2D eigenvalue weighted by molar-refractivity contribution is -0.0285. The zero-order valence-corrected chi connectivity index (χ0v) is 29.8. The van der Waals surface area contributed by atoms with Gasteiger partial charge in [-0.1, -0.05) is 140 Å². The molecule has 0 saturated heterocycles. The molecule has 0 aliphatic carbocycles. The fraction of sp³-hybridized carbons (Fsp3) is 0.636. The molecule has 8 heteroatoms. The standard InChI is InChI=1S/C33H52O.H4O5P2/c1-28(2,3)22-16-18-24(26(20-22)30(7,8)9)33(34,32(13,14)15)25-19-17-23(29(4,5)6)21-27(25)31(10,11)12;1-6(2)5-7(3)4/h16-21,34H,1-15H3;1-4H. The van der Waals surface area contributed by atoms with Crippen molar-refractivity contribution < 1.29 is 29.0 Å². The molecule has 0 spiro atoms. The molecule has 0 aromatic heterocycles. The molecule has 234 valence electrons. The average Bonchev–Trinajstić information content (AvgIpc) is 2.74. The molecule has 0 radical (unpaired) electrons. The first-order chi connectivity index (χ1) is 18.0. The zero-order valence-electron chi connectivity index (χ0n) is 28.0. The molecule has 6 nitrogen and oxygen atoms in total. The van der Waals surface area contributed by atoms with E-state index in [0.29, 0.717) is 0 Å². The van der Waals surface area contributed by atoms with Crippen LogP contribution >= 0.6 is 17.2 Å². The maximum Gasteiger partial charge on any atom is 0.334 e. The highest BCUT2D eigenvalue weighted by atomic mass is 31.2. The van der Waals surface area contributed by atoms with Crippen molar-refractivity contribution >= 4 is 17.2 Å². The Hall–Kier alpha value is -0.940. The van der Waals surface area contributed by atoms with Crippen LogP contribution in [0.25, 0.3) is 0 Å². The Bertz CT molecular complexity index is 1070. The number of hydrogen-bond acceptors (Lipinski definition) is 6. The van der Waals surface area contributed by atoms with E-state index < -0.39 is 28.2 Å². The Morgan fingerprint density at radius 3 is 0.927 bits per heavy atom. The van der Waals surface area contributed by atoms with Gasteiger partial charge in [-0.25, -0.2) is 4.31 Å². The Kier molecular flexibility index (Phi) is 12.0. The van der Waals surface area contributed by atoms with E-state index in [1.165, 1.54) is 22.3 Å². The first kappa shape index (κ1) is 38.1. The summed E-state index contributed by atoms with van der Waals surface area (Å²) >= 11 is 0. The van der Waals surface area contributed by atoms with Crippen LogP contribution in [0.5, 0.6) is 0 Å². The summed E-state index contributed by atoms with van der Waals surface area (Å²) in [5.74, 6) is 0. The minimum absolute atomic E-state index is 0.0449. The highest BCUT2D eigenvalue weighted by molar-refractivity contribution is 7.53. The molecule has 0 amide bonds. The molecule has 0 aliphatic rings. The lowest BCUT2D eigenvalue weighted by Gasteiger charge is -2.46. The Morgan fingerprint density at radius 1 is 0.463 bits per heavy atom. The van der Waals surface area contributed by atoms with E-state index in [-0.39, 0.29) is 21.7 Å². The fourth-order valence-electron chi connectivity index (χ4n) is 4.91. The van der Waals surface area contributed by atoms with Crippen LogP contribution < -0.4 is 0 Å². The molecule has 0 aliphatic heterocycles. The van der Waals surface area contributed by atoms with Crippen LogP contribution in [0.3, 0.4) is 0 Å². The highest BCUT2D eigenvalue weighted by Crippen LogP contribution is 2.51. The van der Waals surface area contributed by atoms with Gasteiger partial charge < -0.3 is 24.7 Å². The third kappa shape index (κ3) is 9.78. The third-order valence-corrected chi connectivity index (χ3v) is 8.57. The van der Waals surface area contributed by atoms with Gasteiger partial charge >= 0.3 is 17.2 Å². The third-order valence-electron chi connectivity index (χ3n) is 7.40. The van der Waals surface area contributed by atoms with Crippen molar-refractivity contribution in [3.05, 3.63) is 69.8 Å². The number of rotatable bonds is 4. The van der Waals surface area contributed by atoms with Crippen molar-refractivity contribution in [3.63, 3.8) is 0 Å². The van der Waals surface area contributed by atoms with Gasteiger partial charge in [0.05, 0.1) is 0 Å². The summed E-state index contributed by atoms with van der Waals surface area (Å²) in [5.41, 5.74) is 5.40. The molecule has 0 heterocycles. The highest BCUT2D eigenvalue weighted by Gasteiger charge is 2.48. The number of benzene rings is 2. The molecule has 0 saturated carbocycles.